The van der Waals surface area contributed by atoms with Crippen molar-refractivity contribution in [1.29, 1.82) is 0 Å². The Bertz CT molecular complexity index is 695. The molecule has 0 saturated carbocycles. The van der Waals surface area contributed by atoms with Crippen LogP contribution in [0.1, 0.15) is 19.8 Å². The van der Waals surface area contributed by atoms with E-state index >= 15 is 0 Å². The van der Waals surface area contributed by atoms with Crippen molar-refractivity contribution in [2.75, 3.05) is 6.61 Å². The number of rotatable bonds is 5. The minimum Gasteiger partial charge on any atom is -0.477 e. The van der Waals surface area contributed by atoms with Gasteiger partial charge in [-0.1, -0.05) is 23.2 Å². The topological polar surface area (TPSA) is 131 Å². The van der Waals surface area contributed by atoms with Crippen molar-refractivity contribution < 1.29 is 38.1 Å². The first-order valence-corrected chi connectivity index (χ1v) is 8.68. The standard InChI is InChI=1S/C12H12Cl2N2O8S/c1-6(17)15(25(22)5-8(13)14)7-4-23-16(10(7)19)12(11(20)21)3-2-9(18)24-12/h5,7H,2-4H2,1H3,(H,20,21)/t7-,12?,25?/m0/s1. The van der Waals surface area contributed by atoms with Crippen LogP contribution in [0, 0.1) is 0 Å². The summed E-state index contributed by atoms with van der Waals surface area (Å²) in [6, 6.07) is -1.40. The minimum atomic E-state index is -2.33. The third-order valence-electron chi connectivity index (χ3n) is 3.44. The third-order valence-corrected chi connectivity index (χ3v) is 5.25. The molecule has 13 heteroatoms. The maximum absolute atomic E-state index is 12.6. The first-order valence-electron chi connectivity index (χ1n) is 6.75. The van der Waals surface area contributed by atoms with E-state index in [4.69, 9.17) is 32.8 Å². The second-order valence-electron chi connectivity index (χ2n) is 5.04. The minimum absolute atomic E-state index is 0.225. The summed E-state index contributed by atoms with van der Waals surface area (Å²) >= 11 is 10.8. The molecule has 0 aliphatic carbocycles. The van der Waals surface area contributed by atoms with E-state index in [-0.39, 0.29) is 17.3 Å². The number of carbonyl (C=O) groups excluding carboxylic acids is 3. The lowest BCUT2D eigenvalue weighted by Crippen LogP contribution is -2.57. The largest absolute Gasteiger partial charge is 0.477 e. The number of esters is 1. The Balaban J connectivity index is 2.32. The lowest BCUT2D eigenvalue weighted by molar-refractivity contribution is -0.256. The van der Waals surface area contributed by atoms with Crippen molar-refractivity contribution in [3.63, 3.8) is 0 Å². The first-order chi connectivity index (χ1) is 11.6. The van der Waals surface area contributed by atoms with Crippen LogP contribution in [0.15, 0.2) is 9.90 Å². The Labute approximate surface area is 153 Å². The Hall–Kier alpha value is -1.69. The van der Waals surface area contributed by atoms with Gasteiger partial charge >= 0.3 is 17.7 Å². The van der Waals surface area contributed by atoms with Gasteiger partial charge in [-0.2, -0.15) is 5.06 Å². The lowest BCUT2D eigenvalue weighted by Gasteiger charge is -2.31. The number of carbonyl (C=O) groups is 4. The zero-order valence-electron chi connectivity index (χ0n) is 12.6. The maximum atomic E-state index is 12.6. The number of ether oxygens (including phenoxy) is 1. The Morgan fingerprint density at radius 2 is 2.08 bits per heavy atom. The summed E-state index contributed by atoms with van der Waals surface area (Å²) in [4.78, 5) is 52.3. The molecule has 25 heavy (non-hydrogen) atoms. The van der Waals surface area contributed by atoms with E-state index < -0.39 is 53.1 Å². The number of aliphatic carboxylic acids is 1. The van der Waals surface area contributed by atoms with E-state index in [0.717, 1.165) is 12.3 Å². The SMILES string of the molecule is CC(=O)N([C@H]1CON(C2(C(=O)O)CCC(=O)O2)C1=O)S(=O)C=C(Cl)Cl. The van der Waals surface area contributed by atoms with Gasteiger partial charge in [0.15, 0.2) is 17.0 Å². The van der Waals surface area contributed by atoms with E-state index in [1.54, 1.807) is 0 Å². The van der Waals surface area contributed by atoms with Gasteiger partial charge in [0.2, 0.25) is 5.91 Å². The van der Waals surface area contributed by atoms with Gasteiger partial charge in [-0.15, -0.1) is 0 Å². The molecule has 0 bridgehead atoms. The fourth-order valence-corrected chi connectivity index (χ4v) is 3.79. The fraction of sp³-hybridized carbons (Fsp3) is 0.500. The van der Waals surface area contributed by atoms with E-state index in [2.05, 4.69) is 0 Å². The number of halogens is 2. The molecule has 2 unspecified atom stereocenters. The monoisotopic (exact) mass is 414 g/mol. The molecule has 138 valence electrons. The average Bonchev–Trinajstić information content (AvgIpc) is 3.03. The molecule has 2 saturated heterocycles. The van der Waals surface area contributed by atoms with Gasteiger partial charge in [0.25, 0.3) is 5.91 Å². The number of amides is 2. The number of hydrogen-bond donors (Lipinski definition) is 1. The fourth-order valence-electron chi connectivity index (χ4n) is 2.41. The highest BCUT2D eigenvalue weighted by Gasteiger charge is 2.60. The molecule has 0 spiro atoms. The van der Waals surface area contributed by atoms with Gasteiger partial charge in [0.05, 0.1) is 11.8 Å². The number of carboxylic acid groups (broad SMARTS) is 1. The van der Waals surface area contributed by atoms with Crippen LogP contribution in [0.5, 0.6) is 0 Å². The third kappa shape index (κ3) is 3.64. The number of hydroxylamine groups is 2. The van der Waals surface area contributed by atoms with Crippen molar-refractivity contribution in [1.82, 2.24) is 9.37 Å². The van der Waals surface area contributed by atoms with Gasteiger partial charge in [0.1, 0.15) is 11.1 Å². The molecule has 2 aliphatic rings. The van der Waals surface area contributed by atoms with Gasteiger partial charge in [0, 0.05) is 13.3 Å². The highest BCUT2D eigenvalue weighted by Crippen LogP contribution is 2.35. The van der Waals surface area contributed by atoms with E-state index in [9.17, 15) is 28.5 Å². The molecule has 2 aliphatic heterocycles. The Morgan fingerprint density at radius 3 is 2.52 bits per heavy atom. The normalized spacial score (nSPS) is 27.0. The number of nitrogens with zero attached hydrogens (tertiary/aromatic N) is 2. The molecule has 2 fully saturated rings. The smallest absolute Gasteiger partial charge is 0.372 e. The quantitative estimate of drug-likeness (QED) is 0.623. The maximum Gasteiger partial charge on any atom is 0.372 e. The zero-order valence-corrected chi connectivity index (χ0v) is 15.0. The summed E-state index contributed by atoms with van der Waals surface area (Å²) in [5.74, 6) is -4.18. The van der Waals surface area contributed by atoms with Crippen molar-refractivity contribution in [2.24, 2.45) is 0 Å². The van der Waals surface area contributed by atoms with Crippen LogP contribution in [0.3, 0.4) is 0 Å². The molecule has 0 aromatic carbocycles. The van der Waals surface area contributed by atoms with Crippen LogP contribution >= 0.6 is 23.2 Å². The molecular weight excluding hydrogens is 403 g/mol. The van der Waals surface area contributed by atoms with Crippen LogP contribution in [0.2, 0.25) is 0 Å². The van der Waals surface area contributed by atoms with Crippen molar-refractivity contribution in [3.05, 3.63) is 9.90 Å². The highest BCUT2D eigenvalue weighted by atomic mass is 35.5. The summed E-state index contributed by atoms with van der Waals surface area (Å²) in [6.45, 7) is 0.566. The van der Waals surface area contributed by atoms with Crippen molar-refractivity contribution in [3.8, 4) is 0 Å². The summed E-state index contributed by atoms with van der Waals surface area (Å²) in [7, 11) is -2.20. The summed E-state index contributed by atoms with van der Waals surface area (Å²) < 4.78 is 17.2. The van der Waals surface area contributed by atoms with E-state index in [0.29, 0.717) is 9.37 Å². The highest BCUT2D eigenvalue weighted by molar-refractivity contribution is 7.86. The van der Waals surface area contributed by atoms with Crippen LogP contribution < -0.4 is 0 Å². The molecule has 2 amide bonds. The molecule has 0 aromatic heterocycles. The number of carboxylic acids is 1. The predicted octanol–water partition coefficient (Wildman–Crippen LogP) is 0.0354. The molecule has 2 rings (SSSR count). The molecular formula is C12H12Cl2N2O8S. The molecule has 3 atom stereocenters. The molecule has 10 nitrogen and oxygen atoms in total. The van der Waals surface area contributed by atoms with Crippen LogP contribution in [0.4, 0.5) is 0 Å². The second-order valence-corrected chi connectivity index (χ2v) is 7.23. The Kier molecular flexibility index (Phi) is 5.72. The average molecular weight is 415 g/mol. The molecule has 1 N–H and O–H groups in total. The first kappa shape index (κ1) is 19.6. The molecule has 0 radical (unpaired) electrons. The number of cyclic esters (lactones) is 1. The summed E-state index contributed by atoms with van der Waals surface area (Å²) in [5.41, 5.74) is -2.33. The van der Waals surface area contributed by atoms with Gasteiger partial charge < -0.3 is 9.84 Å². The molecule has 2 heterocycles. The van der Waals surface area contributed by atoms with E-state index in [1.165, 1.54) is 0 Å². The Morgan fingerprint density at radius 1 is 1.44 bits per heavy atom. The second kappa shape index (κ2) is 7.28. The van der Waals surface area contributed by atoms with E-state index in [1.807, 2.05) is 0 Å². The number of hydrogen-bond acceptors (Lipinski definition) is 7. The summed E-state index contributed by atoms with van der Waals surface area (Å²) in [5, 5.41) is 10.6. The van der Waals surface area contributed by atoms with Crippen LogP contribution in [-0.4, -0.2) is 60.8 Å². The van der Waals surface area contributed by atoms with Gasteiger partial charge in [-0.05, 0) is 0 Å². The van der Waals surface area contributed by atoms with Crippen LogP contribution in [0.25, 0.3) is 0 Å². The summed E-state index contributed by atoms with van der Waals surface area (Å²) in [6.07, 6.45) is -0.548. The van der Waals surface area contributed by atoms with Crippen molar-refractivity contribution >= 4 is 57.9 Å². The van der Waals surface area contributed by atoms with Gasteiger partial charge in [-0.25, -0.2) is 13.3 Å². The molecule has 0 aromatic rings. The predicted molar refractivity (Wildman–Crippen MR) is 82.7 cm³/mol. The van der Waals surface area contributed by atoms with Gasteiger partial charge in [-0.3, -0.25) is 19.2 Å². The van der Waals surface area contributed by atoms with Crippen LogP contribution in [-0.2, 0) is 39.7 Å². The lowest BCUT2D eigenvalue weighted by atomic mass is 10.1. The zero-order chi connectivity index (χ0) is 18.9. The van der Waals surface area contributed by atoms with Crippen molar-refractivity contribution in [2.45, 2.75) is 31.5 Å².